The smallest absolute Gasteiger partial charge is 0.326 e. The van der Waals surface area contributed by atoms with Crippen molar-refractivity contribution in [2.24, 2.45) is 0 Å². The summed E-state index contributed by atoms with van der Waals surface area (Å²) in [6.45, 7) is 3.07. The quantitative estimate of drug-likeness (QED) is 0.521. The Morgan fingerprint density at radius 1 is 1.20 bits per heavy atom. The van der Waals surface area contributed by atoms with E-state index in [9.17, 15) is 14.4 Å². The molecule has 0 radical (unpaired) electrons. The number of amides is 2. The van der Waals surface area contributed by atoms with Crippen LogP contribution in [0.15, 0.2) is 0 Å². The summed E-state index contributed by atoms with van der Waals surface area (Å²) in [5.41, 5.74) is 0. The zero-order chi connectivity index (χ0) is 11.8. The van der Waals surface area contributed by atoms with E-state index in [2.05, 4.69) is 10.6 Å². The molecule has 86 valence electrons. The molecule has 3 N–H and O–H groups in total. The molecule has 0 aliphatic carbocycles. The molecule has 0 aromatic heterocycles. The fraction of sp³-hybridized carbons (Fsp3) is 0.667. The summed E-state index contributed by atoms with van der Waals surface area (Å²) in [5, 5.41) is 13.6. The van der Waals surface area contributed by atoms with Crippen LogP contribution in [0.25, 0.3) is 0 Å². The highest BCUT2D eigenvalue weighted by atomic mass is 16.4. The minimum atomic E-state index is -1.06. The third kappa shape index (κ3) is 7.48. The molecule has 0 rings (SSSR count). The number of carboxylic acid groups (broad SMARTS) is 1. The van der Waals surface area contributed by atoms with Gasteiger partial charge in [0.1, 0.15) is 6.04 Å². The normalized spacial score (nSPS) is 11.6. The van der Waals surface area contributed by atoms with Gasteiger partial charge in [-0.15, -0.1) is 0 Å². The van der Waals surface area contributed by atoms with Crippen LogP contribution >= 0.6 is 0 Å². The molecular weight excluding hydrogens is 200 g/mol. The Morgan fingerprint density at radius 3 is 2.20 bits per heavy atom. The molecule has 0 aromatic carbocycles. The lowest BCUT2D eigenvalue weighted by Gasteiger charge is -2.12. The topological polar surface area (TPSA) is 95.5 Å². The summed E-state index contributed by atoms with van der Waals surface area (Å²) in [7, 11) is 0. The van der Waals surface area contributed by atoms with Gasteiger partial charge in [-0.05, 0) is 12.8 Å². The van der Waals surface area contributed by atoms with Gasteiger partial charge < -0.3 is 15.7 Å². The van der Waals surface area contributed by atoms with Gasteiger partial charge in [-0.1, -0.05) is 0 Å². The molecule has 0 aliphatic rings. The molecule has 0 bridgehead atoms. The molecule has 0 unspecified atom stereocenters. The highest BCUT2D eigenvalue weighted by Crippen LogP contribution is 1.96. The maximum absolute atomic E-state index is 10.7. The fourth-order valence-corrected chi connectivity index (χ4v) is 1.07. The number of aliphatic carboxylic acids is 1. The van der Waals surface area contributed by atoms with E-state index < -0.39 is 12.0 Å². The van der Waals surface area contributed by atoms with Gasteiger partial charge in [0.25, 0.3) is 0 Å². The van der Waals surface area contributed by atoms with Crippen molar-refractivity contribution in [2.45, 2.75) is 32.7 Å². The molecule has 6 heteroatoms. The second kappa shape index (κ2) is 6.80. The van der Waals surface area contributed by atoms with Gasteiger partial charge in [-0.3, -0.25) is 9.59 Å². The number of nitrogens with one attached hydrogen (secondary N) is 2. The molecule has 0 aromatic rings. The van der Waals surface area contributed by atoms with Crippen LogP contribution in [-0.2, 0) is 14.4 Å². The van der Waals surface area contributed by atoms with Crippen molar-refractivity contribution in [3.63, 3.8) is 0 Å². The maximum Gasteiger partial charge on any atom is 0.326 e. The zero-order valence-corrected chi connectivity index (χ0v) is 8.87. The summed E-state index contributed by atoms with van der Waals surface area (Å²) >= 11 is 0. The molecule has 2 amide bonds. The fourth-order valence-electron chi connectivity index (χ4n) is 1.07. The van der Waals surface area contributed by atoms with Crippen molar-refractivity contribution in [1.29, 1.82) is 0 Å². The number of carbonyl (C=O) groups excluding carboxylic acids is 2. The minimum Gasteiger partial charge on any atom is -0.480 e. The second-order valence-corrected chi connectivity index (χ2v) is 3.22. The van der Waals surface area contributed by atoms with Crippen molar-refractivity contribution in [3.8, 4) is 0 Å². The van der Waals surface area contributed by atoms with Gasteiger partial charge in [-0.25, -0.2) is 4.79 Å². The monoisotopic (exact) mass is 216 g/mol. The largest absolute Gasteiger partial charge is 0.480 e. The Balaban J connectivity index is 3.81. The van der Waals surface area contributed by atoms with Crippen LogP contribution in [0, 0.1) is 0 Å². The first kappa shape index (κ1) is 13.4. The van der Waals surface area contributed by atoms with Crippen LogP contribution in [0.4, 0.5) is 0 Å². The third-order valence-corrected chi connectivity index (χ3v) is 1.72. The minimum absolute atomic E-state index is 0.151. The van der Waals surface area contributed by atoms with Gasteiger partial charge in [0.15, 0.2) is 0 Å². The average molecular weight is 216 g/mol. The second-order valence-electron chi connectivity index (χ2n) is 3.22. The zero-order valence-electron chi connectivity index (χ0n) is 8.87. The van der Waals surface area contributed by atoms with Crippen LogP contribution in [-0.4, -0.2) is 35.5 Å². The molecule has 6 nitrogen and oxygen atoms in total. The van der Waals surface area contributed by atoms with Gasteiger partial charge in [0.05, 0.1) is 0 Å². The summed E-state index contributed by atoms with van der Waals surface area (Å²) < 4.78 is 0. The first-order valence-corrected chi connectivity index (χ1v) is 4.68. The number of hydrogen-bond acceptors (Lipinski definition) is 3. The van der Waals surface area contributed by atoms with E-state index in [-0.39, 0.29) is 11.8 Å². The Kier molecular flexibility index (Phi) is 6.08. The van der Waals surface area contributed by atoms with E-state index in [4.69, 9.17) is 5.11 Å². The SMILES string of the molecule is CC(=O)NCCC[C@@H](NC(C)=O)C(=O)O. The van der Waals surface area contributed by atoms with Crippen molar-refractivity contribution in [3.05, 3.63) is 0 Å². The van der Waals surface area contributed by atoms with Crippen molar-refractivity contribution < 1.29 is 19.5 Å². The van der Waals surface area contributed by atoms with Crippen LogP contribution in [0.2, 0.25) is 0 Å². The van der Waals surface area contributed by atoms with E-state index in [1.54, 1.807) is 0 Å². The molecule has 0 spiro atoms. The highest BCUT2D eigenvalue weighted by molar-refractivity contribution is 5.82. The van der Waals surface area contributed by atoms with Gasteiger partial charge in [0.2, 0.25) is 11.8 Å². The Morgan fingerprint density at radius 2 is 1.80 bits per heavy atom. The van der Waals surface area contributed by atoms with E-state index in [1.807, 2.05) is 0 Å². The van der Waals surface area contributed by atoms with E-state index in [0.717, 1.165) is 0 Å². The van der Waals surface area contributed by atoms with Gasteiger partial charge in [-0.2, -0.15) is 0 Å². The van der Waals surface area contributed by atoms with E-state index in [0.29, 0.717) is 19.4 Å². The molecular formula is C9H16N2O4. The third-order valence-electron chi connectivity index (χ3n) is 1.72. The summed E-state index contributed by atoms with van der Waals surface area (Å²) in [6.07, 6.45) is 0.812. The Bertz CT molecular complexity index is 252. The average Bonchev–Trinajstić information content (AvgIpc) is 2.08. The molecule has 0 heterocycles. The van der Waals surface area contributed by atoms with E-state index in [1.165, 1.54) is 13.8 Å². The lowest BCUT2D eigenvalue weighted by Crippen LogP contribution is -2.40. The van der Waals surface area contributed by atoms with Crippen LogP contribution < -0.4 is 10.6 Å². The number of rotatable bonds is 6. The van der Waals surface area contributed by atoms with Crippen molar-refractivity contribution in [1.82, 2.24) is 10.6 Å². The molecule has 0 fully saturated rings. The van der Waals surface area contributed by atoms with Crippen molar-refractivity contribution in [2.75, 3.05) is 6.54 Å². The number of carboxylic acids is 1. The standard InChI is InChI=1S/C9H16N2O4/c1-6(12)10-5-3-4-8(9(14)15)11-7(2)13/h8H,3-5H2,1-2H3,(H,10,12)(H,11,13)(H,14,15)/t8-/m1/s1. The number of carbonyl (C=O) groups is 3. The first-order valence-electron chi connectivity index (χ1n) is 4.68. The van der Waals surface area contributed by atoms with Crippen LogP contribution in [0.5, 0.6) is 0 Å². The van der Waals surface area contributed by atoms with E-state index >= 15 is 0 Å². The van der Waals surface area contributed by atoms with Gasteiger partial charge in [0, 0.05) is 20.4 Å². The number of hydrogen-bond donors (Lipinski definition) is 3. The molecule has 0 aliphatic heterocycles. The molecule has 0 saturated heterocycles. The highest BCUT2D eigenvalue weighted by Gasteiger charge is 2.17. The molecule has 15 heavy (non-hydrogen) atoms. The van der Waals surface area contributed by atoms with Gasteiger partial charge >= 0.3 is 5.97 Å². The summed E-state index contributed by atoms with van der Waals surface area (Å²) in [4.78, 5) is 31.8. The van der Waals surface area contributed by atoms with Crippen LogP contribution in [0.3, 0.4) is 0 Å². The lowest BCUT2D eigenvalue weighted by molar-refractivity contribution is -0.141. The van der Waals surface area contributed by atoms with Crippen LogP contribution in [0.1, 0.15) is 26.7 Å². The molecule has 1 atom stereocenters. The molecule has 0 saturated carbocycles. The predicted octanol–water partition coefficient (Wildman–Crippen LogP) is -0.508. The lowest BCUT2D eigenvalue weighted by atomic mass is 10.1. The maximum atomic E-state index is 10.7. The van der Waals surface area contributed by atoms with Crippen molar-refractivity contribution >= 4 is 17.8 Å². The Labute approximate surface area is 88.0 Å². The summed E-state index contributed by atoms with van der Waals surface area (Å²) in [5.74, 6) is -1.59. The first-order chi connectivity index (χ1) is 6.93. The Hall–Kier alpha value is -1.59. The summed E-state index contributed by atoms with van der Waals surface area (Å²) in [6, 6.07) is -0.878. The predicted molar refractivity (Wildman–Crippen MR) is 53.2 cm³/mol.